The molecule has 2 aromatic carbocycles. The molecular formula is C16H19NO5S. The summed E-state index contributed by atoms with van der Waals surface area (Å²) in [4.78, 5) is 10.7. The van der Waals surface area contributed by atoms with Crippen LogP contribution in [0, 0.1) is 15.5 Å². The Labute approximate surface area is 135 Å². The second kappa shape index (κ2) is 6.25. The van der Waals surface area contributed by atoms with Gasteiger partial charge in [0.1, 0.15) is 5.75 Å². The van der Waals surface area contributed by atoms with E-state index in [4.69, 9.17) is 4.18 Å². The average molecular weight is 337 g/mol. The molecule has 6 nitrogen and oxygen atoms in total. The molecule has 0 aliphatic carbocycles. The highest BCUT2D eigenvalue weighted by molar-refractivity contribution is 7.85. The number of fused-ring (bicyclic) bond motifs is 1. The molecule has 0 saturated carbocycles. The summed E-state index contributed by atoms with van der Waals surface area (Å²) in [5.41, 5.74) is -0.383. The fourth-order valence-electron chi connectivity index (χ4n) is 2.13. The van der Waals surface area contributed by atoms with E-state index in [9.17, 15) is 18.5 Å². The van der Waals surface area contributed by atoms with Crippen molar-refractivity contribution >= 4 is 26.6 Å². The number of nitro groups is 1. The van der Waals surface area contributed by atoms with Crippen LogP contribution < -0.4 is 0 Å². The zero-order valence-corrected chi connectivity index (χ0v) is 14.1. The number of hydrogen-bond acceptors (Lipinski definition) is 5. The van der Waals surface area contributed by atoms with Crippen LogP contribution in [0.15, 0.2) is 36.4 Å². The fraction of sp³-hybridized carbons (Fsp3) is 0.375. The van der Waals surface area contributed by atoms with Gasteiger partial charge in [-0.05, 0) is 22.3 Å². The van der Waals surface area contributed by atoms with E-state index in [1.807, 2.05) is 20.8 Å². The summed E-state index contributed by atoms with van der Waals surface area (Å²) in [6, 6.07) is 9.92. The Bertz CT molecular complexity index is 837. The zero-order valence-electron chi connectivity index (χ0n) is 13.3. The third kappa shape index (κ3) is 4.49. The van der Waals surface area contributed by atoms with Crippen molar-refractivity contribution in [2.75, 3.05) is 6.61 Å². The number of benzene rings is 2. The molecule has 2 rings (SSSR count). The van der Waals surface area contributed by atoms with Gasteiger partial charge in [-0.2, -0.15) is 8.42 Å². The molecule has 0 radical (unpaired) electrons. The van der Waals surface area contributed by atoms with Crippen LogP contribution in [0.5, 0.6) is 0 Å². The lowest BCUT2D eigenvalue weighted by Crippen LogP contribution is -2.20. The summed E-state index contributed by atoms with van der Waals surface area (Å²) in [6.07, 6.45) is 0. The second-order valence-corrected chi connectivity index (χ2v) is 8.21. The Kier molecular flexibility index (Phi) is 4.72. The SMILES string of the molecule is CC(C)(C)COS(=O)(=O)Cc1c([N+](=O)[O-])ccc2ccccc12. The summed E-state index contributed by atoms with van der Waals surface area (Å²) in [5.74, 6) is -0.527. The van der Waals surface area contributed by atoms with Gasteiger partial charge in [-0.1, -0.05) is 45.0 Å². The van der Waals surface area contributed by atoms with Crippen molar-refractivity contribution in [2.24, 2.45) is 5.41 Å². The number of hydrogen-bond donors (Lipinski definition) is 0. The largest absolute Gasteiger partial charge is 0.274 e. The quantitative estimate of drug-likeness (QED) is 0.472. The summed E-state index contributed by atoms with van der Waals surface area (Å²) in [5, 5.41) is 12.5. The van der Waals surface area contributed by atoms with Gasteiger partial charge in [0.2, 0.25) is 0 Å². The van der Waals surface area contributed by atoms with Gasteiger partial charge < -0.3 is 0 Å². The van der Waals surface area contributed by atoms with Crippen molar-refractivity contribution in [3.8, 4) is 0 Å². The van der Waals surface area contributed by atoms with Gasteiger partial charge in [0.05, 0.1) is 17.1 Å². The van der Waals surface area contributed by atoms with Crippen LogP contribution in [0.4, 0.5) is 5.69 Å². The molecule has 23 heavy (non-hydrogen) atoms. The monoisotopic (exact) mass is 337 g/mol. The third-order valence-corrected chi connectivity index (χ3v) is 4.32. The lowest BCUT2D eigenvalue weighted by atomic mass is 9.99. The second-order valence-electron chi connectivity index (χ2n) is 6.57. The summed E-state index contributed by atoms with van der Waals surface area (Å²) in [7, 11) is -3.92. The van der Waals surface area contributed by atoms with Gasteiger partial charge in [-0.3, -0.25) is 14.3 Å². The van der Waals surface area contributed by atoms with Crippen molar-refractivity contribution in [3.05, 3.63) is 52.1 Å². The summed E-state index contributed by atoms with van der Waals surface area (Å²) >= 11 is 0. The Balaban J connectivity index is 2.45. The van der Waals surface area contributed by atoms with Crippen molar-refractivity contribution < 1.29 is 17.5 Å². The molecule has 0 bridgehead atoms. The molecule has 2 aromatic rings. The molecule has 0 aromatic heterocycles. The molecule has 7 heteroatoms. The van der Waals surface area contributed by atoms with Gasteiger partial charge in [0.25, 0.3) is 15.8 Å². The van der Waals surface area contributed by atoms with E-state index in [1.54, 1.807) is 30.3 Å². The van der Waals surface area contributed by atoms with Crippen LogP contribution in [-0.4, -0.2) is 19.9 Å². The van der Waals surface area contributed by atoms with E-state index in [-0.39, 0.29) is 23.3 Å². The van der Waals surface area contributed by atoms with Crippen molar-refractivity contribution in [2.45, 2.75) is 26.5 Å². The molecule has 124 valence electrons. The Morgan fingerprint density at radius 1 is 1.13 bits per heavy atom. The van der Waals surface area contributed by atoms with Crippen molar-refractivity contribution in [3.63, 3.8) is 0 Å². The topological polar surface area (TPSA) is 86.5 Å². The molecule has 0 amide bonds. The highest BCUT2D eigenvalue weighted by Crippen LogP contribution is 2.30. The molecule has 0 spiro atoms. The molecule has 0 unspecified atom stereocenters. The highest BCUT2D eigenvalue weighted by Gasteiger charge is 2.25. The van der Waals surface area contributed by atoms with Gasteiger partial charge >= 0.3 is 0 Å². The smallest absolute Gasteiger partial charge is 0.269 e. The normalized spacial score (nSPS) is 12.5. The van der Waals surface area contributed by atoms with E-state index >= 15 is 0 Å². The molecule has 0 N–H and O–H groups in total. The molecule has 0 saturated heterocycles. The number of nitro benzene ring substituents is 1. The van der Waals surface area contributed by atoms with Gasteiger partial charge in [-0.15, -0.1) is 0 Å². The first-order valence-corrected chi connectivity index (χ1v) is 8.69. The Morgan fingerprint density at radius 3 is 2.39 bits per heavy atom. The van der Waals surface area contributed by atoms with Gasteiger partial charge in [0.15, 0.2) is 0 Å². The minimum Gasteiger partial charge on any atom is -0.269 e. The van der Waals surface area contributed by atoms with E-state index in [2.05, 4.69) is 0 Å². The minimum absolute atomic E-state index is 0.0217. The molecular weight excluding hydrogens is 318 g/mol. The van der Waals surface area contributed by atoms with Crippen LogP contribution in [0.3, 0.4) is 0 Å². The fourth-order valence-corrected chi connectivity index (χ4v) is 3.41. The first-order chi connectivity index (χ1) is 10.6. The first kappa shape index (κ1) is 17.4. The third-order valence-electron chi connectivity index (χ3n) is 3.21. The van der Waals surface area contributed by atoms with Crippen LogP contribution in [0.2, 0.25) is 0 Å². The van der Waals surface area contributed by atoms with Crippen molar-refractivity contribution in [1.29, 1.82) is 0 Å². The standard InChI is InChI=1S/C16H19NO5S/c1-16(2,3)11-22-23(20,21)10-14-13-7-5-4-6-12(13)8-9-15(14)17(18)19/h4-9H,10-11H2,1-3H3. The van der Waals surface area contributed by atoms with Crippen molar-refractivity contribution in [1.82, 2.24) is 0 Å². The predicted octanol–water partition coefficient (Wildman–Crippen LogP) is 3.64. The van der Waals surface area contributed by atoms with Gasteiger partial charge in [-0.25, -0.2) is 0 Å². The van der Waals surface area contributed by atoms with E-state index in [1.165, 1.54) is 6.07 Å². The molecule has 0 aliphatic heterocycles. The Morgan fingerprint density at radius 2 is 1.78 bits per heavy atom. The maximum absolute atomic E-state index is 12.2. The maximum Gasteiger partial charge on any atom is 0.274 e. The molecule has 0 atom stereocenters. The predicted molar refractivity (Wildman–Crippen MR) is 88.6 cm³/mol. The Hall–Kier alpha value is -1.99. The molecule has 0 heterocycles. The van der Waals surface area contributed by atoms with Crippen LogP contribution in [-0.2, 0) is 20.1 Å². The number of rotatable bonds is 5. The molecule has 0 fully saturated rings. The average Bonchev–Trinajstić information content (AvgIpc) is 2.44. The first-order valence-electron chi connectivity index (χ1n) is 7.11. The van der Waals surface area contributed by atoms with E-state index < -0.39 is 20.8 Å². The van der Waals surface area contributed by atoms with E-state index in [0.29, 0.717) is 5.39 Å². The lowest BCUT2D eigenvalue weighted by Gasteiger charge is -2.17. The maximum atomic E-state index is 12.2. The van der Waals surface area contributed by atoms with Crippen LogP contribution >= 0.6 is 0 Å². The highest BCUT2D eigenvalue weighted by atomic mass is 32.2. The number of nitrogens with zero attached hydrogens (tertiary/aromatic N) is 1. The zero-order chi connectivity index (χ0) is 17.3. The van der Waals surface area contributed by atoms with Crippen LogP contribution in [0.1, 0.15) is 26.3 Å². The molecule has 0 aliphatic rings. The van der Waals surface area contributed by atoms with Gasteiger partial charge in [0, 0.05) is 6.07 Å². The van der Waals surface area contributed by atoms with E-state index in [0.717, 1.165) is 5.39 Å². The lowest BCUT2D eigenvalue weighted by molar-refractivity contribution is -0.385. The minimum atomic E-state index is -3.92. The summed E-state index contributed by atoms with van der Waals surface area (Å²) < 4.78 is 29.5. The van der Waals surface area contributed by atoms with Crippen LogP contribution in [0.25, 0.3) is 10.8 Å². The summed E-state index contributed by atoms with van der Waals surface area (Å²) in [6.45, 7) is 5.57.